The number of anilines is 1. The average Bonchev–Trinajstić information content (AvgIpc) is 3.03. The van der Waals surface area contributed by atoms with Crippen molar-refractivity contribution in [1.82, 2.24) is 4.57 Å². The first kappa shape index (κ1) is 22.3. The number of nitrogens with one attached hydrogen (secondary N) is 1. The van der Waals surface area contributed by atoms with Gasteiger partial charge in [0.05, 0.1) is 15.1 Å². The lowest BCUT2D eigenvalue weighted by atomic mass is 10.1. The number of sulfonamides is 1. The number of nitrogens with zero attached hydrogens (tertiary/aromatic N) is 2. The Hall–Kier alpha value is -2.94. The number of hydrogen-bond donors (Lipinski definition) is 1. The normalized spacial score (nSPS) is 12.3. The molecular formula is C23H20ClN3O3S2. The summed E-state index contributed by atoms with van der Waals surface area (Å²) < 4.78 is 30.7. The van der Waals surface area contributed by atoms with E-state index in [-0.39, 0.29) is 16.1 Å². The van der Waals surface area contributed by atoms with E-state index in [2.05, 4.69) is 21.8 Å². The molecule has 4 aromatic rings. The molecule has 0 saturated heterocycles. The Labute approximate surface area is 194 Å². The minimum Gasteiger partial charge on any atom is -0.319 e. The Balaban J connectivity index is 1.65. The number of rotatable bonds is 4. The number of thiazole rings is 1. The van der Waals surface area contributed by atoms with Crippen LogP contribution >= 0.6 is 22.9 Å². The molecule has 0 atom stereocenters. The van der Waals surface area contributed by atoms with Crippen molar-refractivity contribution < 1.29 is 13.2 Å². The molecule has 1 amide bonds. The third-order valence-electron chi connectivity index (χ3n) is 5.11. The maximum absolute atomic E-state index is 12.8. The van der Waals surface area contributed by atoms with Gasteiger partial charge >= 0.3 is 0 Å². The highest BCUT2D eigenvalue weighted by Gasteiger charge is 2.15. The fraction of sp³-hybridized carbons (Fsp3) is 0.130. The molecule has 1 heterocycles. The van der Waals surface area contributed by atoms with Gasteiger partial charge in [-0.05, 0) is 79.6 Å². The number of hydrogen-bond acceptors (Lipinski definition) is 4. The predicted octanol–water partition coefficient (Wildman–Crippen LogP) is 5.05. The molecule has 0 fully saturated rings. The number of carbonyl (C=O) groups excluding carboxylic acids is 1. The van der Waals surface area contributed by atoms with Crippen LogP contribution in [0.4, 0.5) is 5.69 Å². The molecule has 4 rings (SSSR count). The maximum Gasteiger partial charge on any atom is 0.279 e. The third-order valence-corrected chi connectivity index (χ3v) is 7.85. The van der Waals surface area contributed by atoms with Crippen LogP contribution in [0.2, 0.25) is 5.02 Å². The first-order chi connectivity index (χ1) is 15.1. The van der Waals surface area contributed by atoms with Crippen LogP contribution in [0.3, 0.4) is 0 Å². The van der Waals surface area contributed by atoms with Crippen LogP contribution in [-0.4, -0.2) is 18.9 Å². The Morgan fingerprint density at radius 3 is 2.44 bits per heavy atom. The van der Waals surface area contributed by atoms with Crippen LogP contribution in [0.5, 0.6) is 0 Å². The van der Waals surface area contributed by atoms with Crippen LogP contribution in [-0.2, 0) is 17.1 Å². The van der Waals surface area contributed by atoms with Crippen molar-refractivity contribution in [2.45, 2.75) is 18.7 Å². The number of halogens is 1. The molecule has 0 aliphatic rings. The highest BCUT2D eigenvalue weighted by atomic mass is 35.5. The molecule has 0 aliphatic heterocycles. The largest absolute Gasteiger partial charge is 0.319 e. The number of fused-ring (bicyclic) bond motifs is 1. The fourth-order valence-electron chi connectivity index (χ4n) is 3.18. The van der Waals surface area contributed by atoms with Gasteiger partial charge in [0.2, 0.25) is 0 Å². The van der Waals surface area contributed by atoms with Crippen molar-refractivity contribution in [3.8, 4) is 0 Å². The van der Waals surface area contributed by atoms with Crippen molar-refractivity contribution in [3.05, 3.63) is 87.2 Å². The maximum atomic E-state index is 12.8. The van der Waals surface area contributed by atoms with Crippen molar-refractivity contribution >= 4 is 54.8 Å². The van der Waals surface area contributed by atoms with Crippen molar-refractivity contribution in [1.29, 1.82) is 0 Å². The summed E-state index contributed by atoms with van der Waals surface area (Å²) in [5.74, 6) is -0.451. The molecule has 164 valence electrons. The Morgan fingerprint density at radius 1 is 1.03 bits per heavy atom. The van der Waals surface area contributed by atoms with Crippen LogP contribution in [0, 0.1) is 13.8 Å². The van der Waals surface area contributed by atoms with E-state index in [1.165, 1.54) is 52.8 Å². The van der Waals surface area contributed by atoms with E-state index in [1.54, 1.807) is 18.2 Å². The van der Waals surface area contributed by atoms with E-state index in [0.29, 0.717) is 9.82 Å². The molecule has 0 saturated carbocycles. The summed E-state index contributed by atoms with van der Waals surface area (Å²) in [4.78, 5) is 17.8. The summed E-state index contributed by atoms with van der Waals surface area (Å²) in [6.07, 6.45) is 0. The summed E-state index contributed by atoms with van der Waals surface area (Å²) in [5.41, 5.74) is 3.91. The molecule has 1 N–H and O–H groups in total. The molecule has 6 nitrogen and oxygen atoms in total. The number of benzene rings is 3. The summed E-state index contributed by atoms with van der Waals surface area (Å²) in [7, 11) is -1.94. The molecular weight excluding hydrogens is 466 g/mol. The van der Waals surface area contributed by atoms with Crippen LogP contribution < -0.4 is 9.52 Å². The second kappa shape index (κ2) is 8.54. The van der Waals surface area contributed by atoms with Gasteiger partial charge in [0.15, 0.2) is 4.80 Å². The highest BCUT2D eigenvalue weighted by Crippen LogP contribution is 2.22. The number of aryl methyl sites for hydroxylation is 3. The molecule has 3 aromatic carbocycles. The van der Waals surface area contributed by atoms with Gasteiger partial charge in [0.1, 0.15) is 0 Å². The van der Waals surface area contributed by atoms with Gasteiger partial charge in [0.25, 0.3) is 15.9 Å². The van der Waals surface area contributed by atoms with Crippen molar-refractivity contribution in [3.63, 3.8) is 0 Å². The van der Waals surface area contributed by atoms with Gasteiger partial charge < -0.3 is 4.57 Å². The number of aromatic nitrogens is 1. The zero-order valence-corrected chi connectivity index (χ0v) is 20.0. The third kappa shape index (κ3) is 4.48. The van der Waals surface area contributed by atoms with E-state index < -0.39 is 15.9 Å². The predicted molar refractivity (Wildman–Crippen MR) is 129 cm³/mol. The highest BCUT2D eigenvalue weighted by molar-refractivity contribution is 7.92. The topological polar surface area (TPSA) is 80.5 Å². The minimum absolute atomic E-state index is 0.0752. The zero-order chi connectivity index (χ0) is 23.0. The average molecular weight is 486 g/mol. The lowest BCUT2D eigenvalue weighted by molar-refractivity contribution is 0.0998. The first-order valence-corrected chi connectivity index (χ1v) is 12.4. The zero-order valence-electron chi connectivity index (χ0n) is 17.6. The lowest BCUT2D eigenvalue weighted by Gasteiger charge is -2.09. The van der Waals surface area contributed by atoms with Gasteiger partial charge in [-0.1, -0.05) is 29.0 Å². The second-order valence-electron chi connectivity index (χ2n) is 7.41. The first-order valence-electron chi connectivity index (χ1n) is 9.68. The second-order valence-corrected chi connectivity index (χ2v) is 10.5. The molecule has 9 heteroatoms. The molecule has 0 radical (unpaired) electrons. The minimum atomic E-state index is -3.82. The molecule has 0 spiro atoms. The SMILES string of the molecule is Cc1cc2sc(=NC(=O)c3cccc(NS(=O)(=O)c4ccc(Cl)cc4)c3)n(C)c2cc1C. The molecule has 0 aliphatic carbocycles. The van der Waals surface area contributed by atoms with Gasteiger partial charge in [-0.2, -0.15) is 4.99 Å². The quantitative estimate of drug-likeness (QED) is 0.439. The molecule has 32 heavy (non-hydrogen) atoms. The molecule has 1 aromatic heterocycles. The Bertz CT molecular complexity index is 1520. The number of carbonyl (C=O) groups is 1. The van der Waals surface area contributed by atoms with E-state index in [4.69, 9.17) is 11.6 Å². The summed E-state index contributed by atoms with van der Waals surface area (Å²) in [6.45, 7) is 4.10. The fourth-order valence-corrected chi connectivity index (χ4v) is 5.45. The number of amides is 1. The van der Waals surface area contributed by atoms with E-state index in [9.17, 15) is 13.2 Å². The van der Waals surface area contributed by atoms with Crippen molar-refractivity contribution in [2.75, 3.05) is 4.72 Å². The lowest BCUT2D eigenvalue weighted by Crippen LogP contribution is -2.14. The Morgan fingerprint density at radius 2 is 1.72 bits per heavy atom. The van der Waals surface area contributed by atoms with Gasteiger partial charge in [-0.15, -0.1) is 0 Å². The van der Waals surface area contributed by atoms with Gasteiger partial charge in [-0.25, -0.2) is 8.42 Å². The van der Waals surface area contributed by atoms with E-state index in [0.717, 1.165) is 10.2 Å². The summed E-state index contributed by atoms with van der Waals surface area (Å²) in [5, 5.41) is 0.442. The Kier molecular flexibility index (Phi) is 5.94. The smallest absolute Gasteiger partial charge is 0.279 e. The van der Waals surface area contributed by atoms with Crippen LogP contribution in [0.15, 0.2) is 70.6 Å². The summed E-state index contributed by atoms with van der Waals surface area (Å²) in [6, 6.07) is 16.3. The van der Waals surface area contributed by atoms with Crippen LogP contribution in [0.1, 0.15) is 21.5 Å². The standard InChI is InChI=1S/C23H20ClN3O3S2/c1-14-11-20-21(12-15(14)2)31-23(27(20)3)25-22(28)16-5-4-6-18(13-16)26-32(29,30)19-9-7-17(24)8-10-19/h4-13,26H,1-3H3. The van der Waals surface area contributed by atoms with E-state index in [1.807, 2.05) is 25.5 Å². The van der Waals surface area contributed by atoms with Crippen LogP contribution in [0.25, 0.3) is 10.2 Å². The van der Waals surface area contributed by atoms with Gasteiger partial charge in [-0.3, -0.25) is 9.52 Å². The monoisotopic (exact) mass is 485 g/mol. The molecule has 0 unspecified atom stereocenters. The summed E-state index contributed by atoms with van der Waals surface area (Å²) >= 11 is 7.27. The van der Waals surface area contributed by atoms with E-state index >= 15 is 0 Å². The molecule has 0 bridgehead atoms. The van der Waals surface area contributed by atoms with Gasteiger partial charge in [0, 0.05) is 23.3 Å². The van der Waals surface area contributed by atoms with Crippen molar-refractivity contribution in [2.24, 2.45) is 12.0 Å².